The Morgan fingerprint density at radius 3 is 2.55 bits per heavy atom. The van der Waals surface area contributed by atoms with Crippen LogP contribution < -0.4 is 5.56 Å². The van der Waals surface area contributed by atoms with Gasteiger partial charge in [-0.05, 0) is 29.0 Å². The first-order valence-electron chi connectivity index (χ1n) is 8.57. The number of carbonyl (C=O) groups excluding carboxylic acids is 1. The van der Waals surface area contributed by atoms with Crippen LogP contribution >= 0.6 is 22.7 Å². The molecule has 0 saturated carbocycles. The zero-order valence-corrected chi connectivity index (χ0v) is 16.4. The second kappa shape index (κ2) is 7.60. The summed E-state index contributed by atoms with van der Waals surface area (Å²) < 4.78 is 39.7. The zero-order chi connectivity index (χ0) is 20.6. The lowest BCUT2D eigenvalue weighted by atomic mass is 10.1. The molecule has 1 aliphatic rings. The van der Waals surface area contributed by atoms with Crippen molar-refractivity contribution in [2.24, 2.45) is 5.10 Å². The van der Waals surface area contributed by atoms with Gasteiger partial charge in [-0.25, -0.2) is 5.01 Å². The van der Waals surface area contributed by atoms with Gasteiger partial charge in [-0.2, -0.15) is 18.3 Å². The molecule has 0 aliphatic carbocycles. The molecule has 0 saturated heterocycles. The summed E-state index contributed by atoms with van der Waals surface area (Å²) in [4.78, 5) is 26.8. The maximum Gasteiger partial charge on any atom is 0.417 e. The minimum Gasteiger partial charge on any atom is -0.305 e. The number of pyridine rings is 1. The summed E-state index contributed by atoms with van der Waals surface area (Å²) >= 11 is 2.97. The molecule has 0 spiro atoms. The van der Waals surface area contributed by atoms with Crippen LogP contribution in [0, 0.1) is 0 Å². The molecule has 0 unspecified atom stereocenters. The van der Waals surface area contributed by atoms with Gasteiger partial charge in [-0.15, -0.1) is 22.7 Å². The standard InChI is InChI=1S/C19H14F3N3O2S2/c20-19(21,22)12-5-6-17(26)24(10-12)11-18(27)25-14(16-4-2-8-29-16)9-13(23-25)15-3-1-7-28-15/h1-8,10,14H,9,11H2/t14-/m1/s1. The van der Waals surface area contributed by atoms with Gasteiger partial charge < -0.3 is 4.57 Å². The number of hydrazone groups is 1. The number of thiophene rings is 2. The smallest absolute Gasteiger partial charge is 0.305 e. The van der Waals surface area contributed by atoms with Crippen LogP contribution in [-0.2, 0) is 17.5 Å². The van der Waals surface area contributed by atoms with Crippen LogP contribution in [0.1, 0.15) is 27.8 Å². The Morgan fingerprint density at radius 2 is 1.90 bits per heavy atom. The normalized spacial score (nSPS) is 16.9. The van der Waals surface area contributed by atoms with E-state index in [1.54, 1.807) is 0 Å². The Labute approximate surface area is 171 Å². The third kappa shape index (κ3) is 4.03. The molecule has 1 amide bonds. The van der Waals surface area contributed by atoms with Crippen molar-refractivity contribution in [2.75, 3.05) is 0 Å². The van der Waals surface area contributed by atoms with Gasteiger partial charge in [0.25, 0.3) is 11.5 Å². The largest absolute Gasteiger partial charge is 0.417 e. The third-order valence-electron chi connectivity index (χ3n) is 4.46. The van der Waals surface area contributed by atoms with Crippen molar-refractivity contribution in [3.8, 4) is 0 Å². The molecule has 3 aromatic heterocycles. The quantitative estimate of drug-likeness (QED) is 0.609. The lowest BCUT2D eigenvalue weighted by Gasteiger charge is -2.21. The Bertz CT molecular complexity index is 1100. The number of alkyl halides is 3. The molecule has 0 fully saturated rings. The number of carbonyl (C=O) groups is 1. The number of aromatic nitrogens is 1. The Balaban J connectivity index is 1.64. The van der Waals surface area contributed by atoms with Crippen LogP contribution in [0.5, 0.6) is 0 Å². The highest BCUT2D eigenvalue weighted by Crippen LogP contribution is 2.36. The van der Waals surface area contributed by atoms with Crippen LogP contribution in [0.4, 0.5) is 13.2 Å². The first kappa shape index (κ1) is 19.6. The van der Waals surface area contributed by atoms with Crippen molar-refractivity contribution in [3.05, 3.63) is 79.0 Å². The van der Waals surface area contributed by atoms with Crippen molar-refractivity contribution < 1.29 is 18.0 Å². The molecule has 0 aromatic carbocycles. The van der Waals surface area contributed by atoms with E-state index in [-0.39, 0.29) is 6.04 Å². The summed E-state index contributed by atoms with van der Waals surface area (Å²) in [6.45, 7) is -0.522. The van der Waals surface area contributed by atoms with E-state index in [4.69, 9.17) is 0 Å². The van der Waals surface area contributed by atoms with Crippen LogP contribution in [0.2, 0.25) is 0 Å². The van der Waals surface area contributed by atoms with E-state index >= 15 is 0 Å². The van der Waals surface area contributed by atoms with Gasteiger partial charge in [0, 0.05) is 23.6 Å². The molecule has 29 heavy (non-hydrogen) atoms. The topological polar surface area (TPSA) is 54.7 Å². The second-order valence-corrected chi connectivity index (χ2v) is 8.31. The van der Waals surface area contributed by atoms with E-state index in [0.717, 1.165) is 26.1 Å². The molecule has 3 aromatic rings. The van der Waals surface area contributed by atoms with Crippen LogP contribution in [0.25, 0.3) is 0 Å². The van der Waals surface area contributed by atoms with Crippen molar-refractivity contribution in [1.82, 2.24) is 9.58 Å². The van der Waals surface area contributed by atoms with E-state index in [1.807, 2.05) is 35.0 Å². The van der Waals surface area contributed by atoms with Crippen LogP contribution in [0.15, 0.2) is 63.3 Å². The van der Waals surface area contributed by atoms with Gasteiger partial charge >= 0.3 is 6.18 Å². The number of halogens is 3. The van der Waals surface area contributed by atoms with Gasteiger partial charge in [0.1, 0.15) is 6.54 Å². The van der Waals surface area contributed by atoms with Crippen LogP contribution in [0.3, 0.4) is 0 Å². The lowest BCUT2D eigenvalue weighted by molar-refractivity contribution is -0.139. The number of rotatable bonds is 4. The highest BCUT2D eigenvalue weighted by molar-refractivity contribution is 7.12. The van der Waals surface area contributed by atoms with Crippen molar-refractivity contribution in [2.45, 2.75) is 25.2 Å². The Hall–Kier alpha value is -2.72. The number of nitrogens with zero attached hydrogens (tertiary/aromatic N) is 3. The average Bonchev–Trinajstić information content (AvgIpc) is 3.42. The highest BCUT2D eigenvalue weighted by Gasteiger charge is 2.35. The minimum absolute atomic E-state index is 0.346. The summed E-state index contributed by atoms with van der Waals surface area (Å²) in [7, 11) is 0. The maximum atomic E-state index is 13.0. The predicted octanol–water partition coefficient (Wildman–Crippen LogP) is 4.37. The summed E-state index contributed by atoms with van der Waals surface area (Å²) in [5.74, 6) is -0.545. The average molecular weight is 437 g/mol. The second-order valence-electron chi connectivity index (χ2n) is 6.38. The molecule has 4 rings (SSSR count). The monoisotopic (exact) mass is 437 g/mol. The number of hydrogen-bond donors (Lipinski definition) is 0. The molecular weight excluding hydrogens is 423 g/mol. The van der Waals surface area contributed by atoms with Gasteiger partial charge in [-0.3, -0.25) is 9.59 Å². The van der Waals surface area contributed by atoms with E-state index in [1.165, 1.54) is 27.7 Å². The molecular formula is C19H14F3N3O2S2. The molecule has 1 atom stereocenters. The molecule has 1 aliphatic heterocycles. The third-order valence-corrected chi connectivity index (χ3v) is 6.35. The lowest BCUT2D eigenvalue weighted by Crippen LogP contribution is -2.33. The molecule has 0 N–H and O–H groups in total. The van der Waals surface area contributed by atoms with Crippen molar-refractivity contribution in [1.29, 1.82) is 0 Å². The van der Waals surface area contributed by atoms with Gasteiger partial charge in [-0.1, -0.05) is 12.1 Å². The Morgan fingerprint density at radius 1 is 1.14 bits per heavy atom. The number of hydrogen-bond acceptors (Lipinski definition) is 5. The first-order chi connectivity index (χ1) is 13.8. The predicted molar refractivity (Wildman–Crippen MR) is 105 cm³/mol. The zero-order valence-electron chi connectivity index (χ0n) is 14.8. The summed E-state index contributed by atoms with van der Waals surface area (Å²) in [6, 6.07) is 8.72. The van der Waals surface area contributed by atoms with Crippen molar-refractivity contribution >= 4 is 34.3 Å². The fourth-order valence-corrected chi connectivity index (χ4v) is 4.61. The van der Waals surface area contributed by atoms with E-state index in [0.29, 0.717) is 18.7 Å². The molecule has 5 nitrogen and oxygen atoms in total. The molecule has 0 bridgehead atoms. The maximum absolute atomic E-state index is 13.0. The van der Waals surface area contributed by atoms with E-state index in [2.05, 4.69) is 5.10 Å². The van der Waals surface area contributed by atoms with Gasteiger partial charge in [0.05, 0.1) is 22.2 Å². The minimum atomic E-state index is -4.60. The van der Waals surface area contributed by atoms with Gasteiger partial charge in [0.15, 0.2) is 0 Å². The molecule has 10 heteroatoms. The SMILES string of the molecule is O=C(Cn1cc(C(F)(F)F)ccc1=O)N1N=C(c2cccs2)C[C@@H]1c1cccs1. The van der Waals surface area contributed by atoms with Crippen LogP contribution in [-0.4, -0.2) is 21.2 Å². The Kier molecular flexibility index (Phi) is 5.13. The fraction of sp³-hybridized carbons (Fsp3) is 0.211. The first-order valence-corrected chi connectivity index (χ1v) is 10.3. The van der Waals surface area contributed by atoms with E-state index < -0.39 is 29.8 Å². The molecule has 150 valence electrons. The fourth-order valence-electron chi connectivity index (χ4n) is 3.08. The van der Waals surface area contributed by atoms with E-state index in [9.17, 15) is 22.8 Å². The summed E-state index contributed by atoms with van der Waals surface area (Å²) in [5, 5.41) is 9.52. The molecule has 0 radical (unpaired) electrons. The molecule has 4 heterocycles. The van der Waals surface area contributed by atoms with Crippen molar-refractivity contribution in [3.63, 3.8) is 0 Å². The number of amides is 1. The summed E-state index contributed by atoms with van der Waals surface area (Å²) in [6.07, 6.45) is -3.43. The summed E-state index contributed by atoms with van der Waals surface area (Å²) in [5.41, 5.74) is -0.923. The van der Waals surface area contributed by atoms with Gasteiger partial charge in [0.2, 0.25) is 0 Å². The highest BCUT2D eigenvalue weighted by atomic mass is 32.1.